The van der Waals surface area contributed by atoms with Crippen molar-refractivity contribution in [2.75, 3.05) is 19.0 Å². The zero-order valence-electron chi connectivity index (χ0n) is 17.2. The highest BCUT2D eigenvalue weighted by Crippen LogP contribution is 2.37. The first-order valence-corrected chi connectivity index (χ1v) is 11.2. The average Bonchev–Trinajstić information content (AvgIpc) is 3.03. The molecule has 6 heteroatoms. The van der Waals surface area contributed by atoms with Crippen molar-refractivity contribution in [1.29, 1.82) is 0 Å². The van der Waals surface area contributed by atoms with Crippen LogP contribution in [0.1, 0.15) is 65.4 Å². The Morgan fingerprint density at radius 3 is 2.48 bits per heavy atom. The van der Waals surface area contributed by atoms with Crippen LogP contribution in [0, 0.1) is 0 Å². The van der Waals surface area contributed by atoms with Crippen LogP contribution in [0.2, 0.25) is 0 Å². The summed E-state index contributed by atoms with van der Waals surface area (Å²) in [6.07, 6.45) is 7.43. The molecule has 3 rings (SSSR count). The Balaban J connectivity index is 1.73. The summed E-state index contributed by atoms with van der Waals surface area (Å²) >= 11 is 1.54. The Morgan fingerprint density at radius 2 is 1.79 bits per heavy atom. The molecule has 0 aliphatic heterocycles. The summed E-state index contributed by atoms with van der Waals surface area (Å²) in [4.78, 5) is 26.5. The lowest BCUT2D eigenvalue weighted by molar-refractivity contribution is -0.116. The molecule has 1 aromatic carbocycles. The lowest BCUT2D eigenvalue weighted by Crippen LogP contribution is -2.15. The van der Waals surface area contributed by atoms with Gasteiger partial charge in [0, 0.05) is 11.3 Å². The van der Waals surface area contributed by atoms with Crippen LogP contribution < -0.4 is 10.1 Å². The van der Waals surface area contributed by atoms with Gasteiger partial charge in [-0.25, -0.2) is 4.79 Å². The number of amides is 1. The van der Waals surface area contributed by atoms with E-state index in [1.165, 1.54) is 17.7 Å². The van der Waals surface area contributed by atoms with Crippen molar-refractivity contribution < 1.29 is 19.1 Å². The predicted molar refractivity (Wildman–Crippen MR) is 116 cm³/mol. The van der Waals surface area contributed by atoms with Gasteiger partial charge in [0.15, 0.2) is 0 Å². The van der Waals surface area contributed by atoms with E-state index < -0.39 is 0 Å². The number of nitrogens with one attached hydrogen (secondary N) is 1. The summed E-state index contributed by atoms with van der Waals surface area (Å²) in [6.45, 7) is 2.13. The van der Waals surface area contributed by atoms with E-state index in [0.29, 0.717) is 30.0 Å². The van der Waals surface area contributed by atoms with Crippen LogP contribution in [0.3, 0.4) is 0 Å². The molecule has 0 bridgehead atoms. The topological polar surface area (TPSA) is 64.6 Å². The standard InChI is InChI=1S/C23H29NO4S/c1-3-28-23(26)21-18-8-6-4-5-7-9-19(18)29-22(21)24-20(25)15-12-16-10-13-17(27-2)14-11-16/h10-11,13-14H,3-9,12,15H2,1-2H3,(H,24,25). The number of hydrogen-bond donors (Lipinski definition) is 1. The summed E-state index contributed by atoms with van der Waals surface area (Å²) in [6, 6.07) is 7.72. The van der Waals surface area contributed by atoms with Gasteiger partial charge in [0.05, 0.1) is 19.3 Å². The summed E-state index contributed by atoms with van der Waals surface area (Å²) in [5.41, 5.74) is 2.73. The van der Waals surface area contributed by atoms with E-state index in [9.17, 15) is 9.59 Å². The smallest absolute Gasteiger partial charge is 0.341 e. The fourth-order valence-corrected chi connectivity index (χ4v) is 4.96. The summed E-state index contributed by atoms with van der Waals surface area (Å²) < 4.78 is 10.5. The van der Waals surface area contributed by atoms with Gasteiger partial charge in [-0.3, -0.25) is 4.79 Å². The Morgan fingerprint density at radius 1 is 1.07 bits per heavy atom. The van der Waals surface area contributed by atoms with Crippen molar-refractivity contribution in [3.05, 3.63) is 45.8 Å². The number of thiophene rings is 1. The number of anilines is 1. The highest BCUT2D eigenvalue weighted by Gasteiger charge is 2.26. The molecule has 2 aromatic rings. The molecule has 0 saturated carbocycles. The minimum Gasteiger partial charge on any atom is -0.497 e. The molecule has 0 spiro atoms. The van der Waals surface area contributed by atoms with Crippen molar-refractivity contribution in [2.24, 2.45) is 0 Å². The monoisotopic (exact) mass is 415 g/mol. The van der Waals surface area contributed by atoms with Gasteiger partial charge in [-0.1, -0.05) is 25.0 Å². The number of methoxy groups -OCH3 is 1. The van der Waals surface area contributed by atoms with E-state index in [1.54, 1.807) is 25.4 Å². The molecular weight excluding hydrogens is 386 g/mol. The maximum absolute atomic E-state index is 12.6. The van der Waals surface area contributed by atoms with Gasteiger partial charge in [0.25, 0.3) is 0 Å². The number of esters is 1. The number of ether oxygens (including phenoxy) is 2. The zero-order valence-corrected chi connectivity index (χ0v) is 18.0. The average molecular weight is 416 g/mol. The maximum atomic E-state index is 12.6. The highest BCUT2D eigenvalue weighted by atomic mass is 32.1. The highest BCUT2D eigenvalue weighted by molar-refractivity contribution is 7.17. The summed E-state index contributed by atoms with van der Waals surface area (Å²) in [5.74, 6) is 0.393. The molecule has 0 saturated heterocycles. The number of benzene rings is 1. The quantitative estimate of drug-likeness (QED) is 0.634. The van der Waals surface area contributed by atoms with E-state index in [-0.39, 0.29) is 11.9 Å². The van der Waals surface area contributed by atoms with Gasteiger partial charge in [-0.15, -0.1) is 11.3 Å². The van der Waals surface area contributed by atoms with Crippen LogP contribution in [-0.4, -0.2) is 25.6 Å². The lowest BCUT2D eigenvalue weighted by Gasteiger charge is -2.11. The molecule has 1 heterocycles. The Kier molecular flexibility index (Phi) is 7.69. The molecule has 1 aromatic heterocycles. The Hall–Kier alpha value is -2.34. The largest absolute Gasteiger partial charge is 0.497 e. The Labute approximate surface area is 176 Å². The van der Waals surface area contributed by atoms with E-state index in [1.807, 2.05) is 24.3 Å². The molecule has 156 valence electrons. The minimum absolute atomic E-state index is 0.0828. The van der Waals surface area contributed by atoms with Gasteiger partial charge in [0.2, 0.25) is 5.91 Å². The molecule has 0 atom stereocenters. The van der Waals surface area contributed by atoms with Crippen molar-refractivity contribution in [3.8, 4) is 5.75 Å². The summed E-state index contributed by atoms with van der Waals surface area (Å²) in [5, 5.41) is 3.64. The molecule has 0 fully saturated rings. The predicted octanol–water partition coefficient (Wildman–Crippen LogP) is 5.16. The molecule has 1 aliphatic rings. The molecule has 1 N–H and O–H groups in total. The normalized spacial score (nSPS) is 13.7. The third-order valence-electron chi connectivity index (χ3n) is 5.20. The van der Waals surface area contributed by atoms with Crippen LogP contribution >= 0.6 is 11.3 Å². The van der Waals surface area contributed by atoms with Crippen molar-refractivity contribution in [3.63, 3.8) is 0 Å². The number of fused-ring (bicyclic) bond motifs is 1. The number of aryl methyl sites for hydroxylation is 2. The number of carbonyl (C=O) groups is 2. The van der Waals surface area contributed by atoms with E-state index in [0.717, 1.165) is 42.6 Å². The molecule has 1 aliphatic carbocycles. The number of carbonyl (C=O) groups excluding carboxylic acids is 2. The SMILES string of the molecule is CCOC(=O)c1c(NC(=O)CCc2ccc(OC)cc2)sc2c1CCCCCC2. The first kappa shape index (κ1) is 21.4. The van der Waals surface area contributed by atoms with Crippen molar-refractivity contribution in [2.45, 2.75) is 58.3 Å². The maximum Gasteiger partial charge on any atom is 0.341 e. The second-order valence-corrected chi connectivity index (χ2v) is 8.34. The first-order valence-electron chi connectivity index (χ1n) is 10.4. The molecule has 0 radical (unpaired) electrons. The third-order valence-corrected chi connectivity index (χ3v) is 6.41. The van der Waals surface area contributed by atoms with E-state index in [2.05, 4.69) is 5.32 Å². The fourth-order valence-electron chi connectivity index (χ4n) is 3.67. The van der Waals surface area contributed by atoms with Crippen LogP contribution in [0.15, 0.2) is 24.3 Å². The first-order chi connectivity index (χ1) is 14.1. The van der Waals surface area contributed by atoms with E-state index in [4.69, 9.17) is 9.47 Å². The third kappa shape index (κ3) is 5.60. The minimum atomic E-state index is -0.323. The van der Waals surface area contributed by atoms with Crippen molar-refractivity contribution in [1.82, 2.24) is 0 Å². The van der Waals surface area contributed by atoms with Gasteiger partial charge in [-0.2, -0.15) is 0 Å². The van der Waals surface area contributed by atoms with Crippen molar-refractivity contribution >= 4 is 28.2 Å². The molecule has 0 unspecified atom stereocenters. The van der Waals surface area contributed by atoms with Crippen LogP contribution in [0.25, 0.3) is 0 Å². The van der Waals surface area contributed by atoms with Crippen LogP contribution in [0.5, 0.6) is 5.75 Å². The molecule has 5 nitrogen and oxygen atoms in total. The molecule has 1 amide bonds. The number of rotatable bonds is 7. The van der Waals surface area contributed by atoms with E-state index >= 15 is 0 Å². The second-order valence-electron chi connectivity index (χ2n) is 7.24. The van der Waals surface area contributed by atoms with Crippen LogP contribution in [0.4, 0.5) is 5.00 Å². The van der Waals surface area contributed by atoms with Gasteiger partial charge >= 0.3 is 5.97 Å². The molecular formula is C23H29NO4S. The molecule has 29 heavy (non-hydrogen) atoms. The van der Waals surface area contributed by atoms with Gasteiger partial charge < -0.3 is 14.8 Å². The lowest BCUT2D eigenvalue weighted by atomic mass is 9.96. The number of hydrogen-bond acceptors (Lipinski definition) is 5. The zero-order chi connectivity index (χ0) is 20.6. The van der Waals surface area contributed by atoms with Crippen LogP contribution in [-0.2, 0) is 28.8 Å². The van der Waals surface area contributed by atoms with Gasteiger partial charge in [0.1, 0.15) is 10.8 Å². The van der Waals surface area contributed by atoms with Gasteiger partial charge in [-0.05, 0) is 62.3 Å². The Bertz CT molecular complexity index is 841. The second kappa shape index (κ2) is 10.4. The summed E-state index contributed by atoms with van der Waals surface area (Å²) in [7, 11) is 1.63. The fraction of sp³-hybridized carbons (Fsp3) is 0.478.